The van der Waals surface area contributed by atoms with Crippen LogP contribution in [0.5, 0.6) is 5.75 Å². The lowest BCUT2D eigenvalue weighted by atomic mass is 10.2. The molecule has 19 heavy (non-hydrogen) atoms. The summed E-state index contributed by atoms with van der Waals surface area (Å²) >= 11 is 4.94. The number of hydrogen-bond acceptors (Lipinski definition) is 2. The van der Waals surface area contributed by atoms with Crippen LogP contribution in [0.3, 0.4) is 0 Å². The Bertz CT molecular complexity index is 404. The van der Waals surface area contributed by atoms with Crippen molar-refractivity contribution < 1.29 is 9.84 Å². The molecule has 1 rings (SSSR count). The number of thiocarbonyl (C=S) groups is 1. The normalized spacial score (nSPS) is 10.4. The molecule has 0 saturated heterocycles. The van der Waals surface area contributed by atoms with Crippen molar-refractivity contribution in [3.8, 4) is 5.75 Å². The van der Waals surface area contributed by atoms with Gasteiger partial charge in [0, 0.05) is 12.6 Å². The molecule has 0 bridgehead atoms. The van der Waals surface area contributed by atoms with Gasteiger partial charge in [0.15, 0.2) is 6.21 Å². The lowest BCUT2D eigenvalue weighted by molar-refractivity contribution is -0.500. The number of unbranched alkanes of at least 4 members (excludes halogenated alkanes) is 2. The molecule has 0 heterocycles. The smallest absolute Gasteiger partial charge is 0.223 e. The van der Waals surface area contributed by atoms with Gasteiger partial charge in [-0.2, -0.15) is 0 Å². The van der Waals surface area contributed by atoms with Crippen LogP contribution in [-0.4, -0.2) is 25.0 Å². The van der Waals surface area contributed by atoms with Crippen molar-refractivity contribution in [3.05, 3.63) is 29.8 Å². The van der Waals surface area contributed by atoms with E-state index in [1.165, 1.54) is 12.8 Å². The number of nitrogens with one attached hydrogen (secondary N) is 3. The number of rotatable bonds is 7. The van der Waals surface area contributed by atoms with Crippen LogP contribution < -0.4 is 20.6 Å². The van der Waals surface area contributed by atoms with Crippen LogP contribution in [-0.2, 0) is 0 Å². The third-order valence-corrected chi connectivity index (χ3v) is 2.85. The molecule has 0 spiro atoms. The van der Waals surface area contributed by atoms with Gasteiger partial charge in [-0.05, 0) is 42.9 Å². The number of hydrazone groups is 1. The molecule has 0 aromatic heterocycles. The Morgan fingerprint density at radius 3 is 2.68 bits per heavy atom. The fourth-order valence-corrected chi connectivity index (χ4v) is 1.51. The summed E-state index contributed by atoms with van der Waals surface area (Å²) in [5.74, 6) is 0.909. The summed E-state index contributed by atoms with van der Waals surface area (Å²) in [5.41, 5.74) is 3.88. The van der Waals surface area contributed by atoms with E-state index in [2.05, 4.69) is 22.8 Å². The molecule has 0 amide bonds. The van der Waals surface area contributed by atoms with E-state index in [0.717, 1.165) is 24.3 Å². The maximum Gasteiger partial charge on any atom is 0.223 e. The van der Waals surface area contributed by atoms with E-state index in [1.54, 1.807) is 7.05 Å². The zero-order valence-electron chi connectivity index (χ0n) is 11.5. The predicted molar refractivity (Wildman–Crippen MR) is 82.4 cm³/mol. The molecule has 5 heteroatoms. The van der Waals surface area contributed by atoms with E-state index in [1.807, 2.05) is 30.5 Å². The molecule has 0 unspecified atom stereocenters. The molecular weight excluding hydrogens is 258 g/mol. The Morgan fingerprint density at radius 1 is 1.32 bits per heavy atom. The van der Waals surface area contributed by atoms with Gasteiger partial charge in [-0.15, -0.1) is 10.5 Å². The average molecular weight is 280 g/mol. The van der Waals surface area contributed by atoms with Gasteiger partial charge in [0.05, 0.1) is 6.61 Å². The number of hydrazine groups is 1. The van der Waals surface area contributed by atoms with Crippen molar-refractivity contribution in [3.63, 3.8) is 0 Å². The van der Waals surface area contributed by atoms with Crippen LogP contribution in [0.15, 0.2) is 24.3 Å². The molecular formula is C14H22N3OS+. The van der Waals surface area contributed by atoms with E-state index in [-0.39, 0.29) is 0 Å². The van der Waals surface area contributed by atoms with E-state index in [4.69, 9.17) is 17.0 Å². The van der Waals surface area contributed by atoms with Gasteiger partial charge in [0.1, 0.15) is 5.75 Å². The minimum absolute atomic E-state index is 0.548. The summed E-state index contributed by atoms with van der Waals surface area (Å²) in [6.07, 6.45) is 5.37. The summed E-state index contributed by atoms with van der Waals surface area (Å²) < 4.78 is 5.64. The second-order valence-corrected chi connectivity index (χ2v) is 4.53. The molecule has 4 nitrogen and oxygen atoms in total. The van der Waals surface area contributed by atoms with Crippen LogP contribution in [0.1, 0.15) is 31.7 Å². The van der Waals surface area contributed by atoms with Gasteiger partial charge in [-0.1, -0.05) is 19.8 Å². The van der Waals surface area contributed by atoms with Crippen molar-refractivity contribution in [2.24, 2.45) is 0 Å². The summed E-state index contributed by atoms with van der Waals surface area (Å²) in [6, 6.07) is 7.92. The first-order valence-electron chi connectivity index (χ1n) is 6.55. The van der Waals surface area contributed by atoms with Crippen LogP contribution in [0.4, 0.5) is 0 Å². The quantitative estimate of drug-likeness (QED) is 0.299. The molecule has 0 radical (unpaired) electrons. The first-order valence-corrected chi connectivity index (χ1v) is 6.96. The highest BCUT2D eigenvalue weighted by Crippen LogP contribution is 2.11. The predicted octanol–water partition coefficient (Wildman–Crippen LogP) is 0.764. The molecule has 0 aliphatic heterocycles. The maximum absolute atomic E-state index is 5.64. The lowest BCUT2D eigenvalue weighted by Gasteiger charge is -2.05. The zero-order valence-corrected chi connectivity index (χ0v) is 12.3. The Balaban J connectivity index is 2.36. The number of benzene rings is 1. The summed E-state index contributed by atoms with van der Waals surface area (Å²) in [4.78, 5) is 0. The third-order valence-electron chi connectivity index (χ3n) is 2.55. The van der Waals surface area contributed by atoms with Gasteiger partial charge in [0.25, 0.3) is 0 Å². The molecule has 0 atom stereocenters. The standard InChI is InChI=1S/C14H21N3OS/c1-3-4-5-10-18-13-8-6-12(7-9-13)11-16-17-14(19)15-2/h6-9,11H,3-5,10H2,1-2H3,(H2,15,17,19)/p+1. The van der Waals surface area contributed by atoms with Gasteiger partial charge in [-0.3, -0.25) is 0 Å². The Kier molecular flexibility index (Phi) is 7.58. The summed E-state index contributed by atoms with van der Waals surface area (Å²) in [7, 11) is 1.77. The average Bonchev–Trinajstić information content (AvgIpc) is 2.45. The SMILES string of the molecule is CCCCCOc1ccc(C=[NH+]NC(=S)NC)cc1. The molecule has 104 valence electrons. The fourth-order valence-electron chi connectivity index (χ4n) is 1.45. The second kappa shape index (κ2) is 9.33. The maximum atomic E-state index is 5.64. The monoisotopic (exact) mass is 280 g/mol. The molecule has 0 fully saturated rings. The Labute approximate surface area is 120 Å². The van der Waals surface area contributed by atoms with Gasteiger partial charge in [-0.25, -0.2) is 0 Å². The minimum Gasteiger partial charge on any atom is -0.494 e. The zero-order chi connectivity index (χ0) is 13.9. The number of hydrogen-bond donors (Lipinski definition) is 3. The molecule has 0 aliphatic rings. The third kappa shape index (κ3) is 6.76. The first-order chi connectivity index (χ1) is 9.26. The van der Waals surface area contributed by atoms with Crippen molar-refractivity contribution in [1.82, 2.24) is 10.7 Å². The van der Waals surface area contributed by atoms with Crippen molar-refractivity contribution in [2.75, 3.05) is 13.7 Å². The Morgan fingerprint density at radius 2 is 2.05 bits per heavy atom. The van der Waals surface area contributed by atoms with E-state index in [0.29, 0.717) is 5.11 Å². The van der Waals surface area contributed by atoms with Crippen LogP contribution >= 0.6 is 12.2 Å². The number of ether oxygens (including phenoxy) is 1. The molecule has 1 aromatic rings. The first kappa shape index (κ1) is 15.4. The summed E-state index contributed by atoms with van der Waals surface area (Å²) in [5, 5.41) is 6.27. The fraction of sp³-hybridized carbons (Fsp3) is 0.429. The van der Waals surface area contributed by atoms with Gasteiger partial charge >= 0.3 is 0 Å². The van der Waals surface area contributed by atoms with Crippen molar-refractivity contribution in [2.45, 2.75) is 26.2 Å². The topological polar surface area (TPSA) is 47.3 Å². The molecule has 0 saturated carbocycles. The molecule has 0 aliphatic carbocycles. The van der Waals surface area contributed by atoms with Gasteiger partial charge < -0.3 is 10.1 Å². The van der Waals surface area contributed by atoms with Crippen LogP contribution in [0, 0.1) is 0 Å². The minimum atomic E-state index is 0.548. The highest BCUT2D eigenvalue weighted by molar-refractivity contribution is 7.80. The summed E-state index contributed by atoms with van der Waals surface area (Å²) in [6.45, 7) is 2.97. The largest absolute Gasteiger partial charge is 0.494 e. The van der Waals surface area contributed by atoms with E-state index in [9.17, 15) is 0 Å². The van der Waals surface area contributed by atoms with Crippen LogP contribution in [0.2, 0.25) is 0 Å². The Hall–Kier alpha value is -1.62. The lowest BCUT2D eigenvalue weighted by Crippen LogP contribution is -2.82. The molecule has 1 aromatic carbocycles. The second-order valence-electron chi connectivity index (χ2n) is 4.12. The van der Waals surface area contributed by atoms with Crippen molar-refractivity contribution in [1.29, 1.82) is 0 Å². The molecule has 3 N–H and O–H groups in total. The highest BCUT2D eigenvalue weighted by Gasteiger charge is 1.96. The van der Waals surface area contributed by atoms with Gasteiger partial charge in [0.2, 0.25) is 5.11 Å². The van der Waals surface area contributed by atoms with E-state index >= 15 is 0 Å². The van der Waals surface area contributed by atoms with Crippen LogP contribution in [0.25, 0.3) is 0 Å². The van der Waals surface area contributed by atoms with Crippen molar-refractivity contribution >= 4 is 23.5 Å². The highest BCUT2D eigenvalue weighted by atomic mass is 32.1. The van der Waals surface area contributed by atoms with E-state index < -0.39 is 0 Å².